The standard InChI is InChI=1S/C29H29N5O5/c35-29-32-27(37-17-22-18-38-28-25(39-22)2-1-8-30-28)15-24-23-5-3-19(14-20(23)7-9-34(24)29)21-4-6-26(31-16-21)33-10-12-36-13-11-33/h1-6,8,14-16,22,29,35H,7,9-13,17-18H2. The van der Waals surface area contributed by atoms with Gasteiger partial charge >= 0.3 is 0 Å². The minimum atomic E-state index is -1.00. The Kier molecular flexibility index (Phi) is 6.26. The number of aliphatic hydroxyl groups excluding tert-OH is 1. The third-order valence-corrected chi connectivity index (χ3v) is 7.36. The van der Waals surface area contributed by atoms with Gasteiger partial charge in [-0.1, -0.05) is 18.2 Å². The number of morpholine rings is 1. The molecule has 1 saturated heterocycles. The van der Waals surface area contributed by atoms with Crippen molar-refractivity contribution >= 4 is 17.4 Å². The zero-order chi connectivity index (χ0) is 26.2. The second-order valence-electron chi connectivity index (χ2n) is 9.83. The van der Waals surface area contributed by atoms with Crippen molar-refractivity contribution in [1.29, 1.82) is 0 Å². The second-order valence-corrected chi connectivity index (χ2v) is 9.83. The molecule has 0 aliphatic carbocycles. The first kappa shape index (κ1) is 23.9. The van der Waals surface area contributed by atoms with Gasteiger partial charge < -0.3 is 33.9 Å². The average Bonchev–Trinajstić information content (AvgIpc) is 3.00. The molecule has 1 fully saturated rings. The van der Waals surface area contributed by atoms with E-state index in [2.05, 4.69) is 45.2 Å². The van der Waals surface area contributed by atoms with Crippen LogP contribution in [0.4, 0.5) is 5.82 Å². The van der Waals surface area contributed by atoms with Gasteiger partial charge in [0, 0.05) is 49.2 Å². The molecule has 200 valence electrons. The van der Waals surface area contributed by atoms with Crippen molar-refractivity contribution in [2.75, 3.05) is 51.0 Å². The van der Waals surface area contributed by atoms with Gasteiger partial charge in [-0.25, -0.2) is 9.97 Å². The first-order valence-electron chi connectivity index (χ1n) is 13.3. The fourth-order valence-corrected chi connectivity index (χ4v) is 5.32. The molecular weight excluding hydrogens is 498 g/mol. The summed E-state index contributed by atoms with van der Waals surface area (Å²) in [5.74, 6) is 2.43. The number of fused-ring (bicyclic) bond motifs is 4. The van der Waals surface area contributed by atoms with Crippen LogP contribution in [0.15, 0.2) is 65.9 Å². The topological polar surface area (TPSA) is 102 Å². The van der Waals surface area contributed by atoms with Crippen molar-refractivity contribution in [3.63, 3.8) is 0 Å². The largest absolute Gasteiger partial charge is 0.478 e. The third-order valence-electron chi connectivity index (χ3n) is 7.36. The molecule has 7 rings (SSSR count). The number of hydrogen-bond donors (Lipinski definition) is 1. The smallest absolute Gasteiger partial charge is 0.257 e. The molecule has 0 amide bonds. The van der Waals surface area contributed by atoms with Gasteiger partial charge in [0.2, 0.25) is 12.2 Å². The Labute approximate surface area is 226 Å². The van der Waals surface area contributed by atoms with Crippen LogP contribution in [-0.2, 0) is 15.9 Å². The predicted octanol–water partition coefficient (Wildman–Crippen LogP) is 2.72. The van der Waals surface area contributed by atoms with Crippen molar-refractivity contribution in [2.45, 2.75) is 18.9 Å². The van der Waals surface area contributed by atoms with E-state index in [9.17, 15) is 5.11 Å². The van der Waals surface area contributed by atoms with Crippen LogP contribution in [0.1, 0.15) is 11.1 Å². The highest BCUT2D eigenvalue weighted by Gasteiger charge is 2.31. The van der Waals surface area contributed by atoms with Gasteiger partial charge in [-0.3, -0.25) is 0 Å². The minimum absolute atomic E-state index is 0.239. The average molecular weight is 528 g/mol. The van der Waals surface area contributed by atoms with Gasteiger partial charge in [0.25, 0.3) is 5.88 Å². The van der Waals surface area contributed by atoms with Crippen molar-refractivity contribution in [2.24, 2.45) is 4.99 Å². The maximum Gasteiger partial charge on any atom is 0.257 e. The number of anilines is 1. The van der Waals surface area contributed by atoms with Crippen molar-refractivity contribution in [3.05, 3.63) is 72.1 Å². The van der Waals surface area contributed by atoms with Gasteiger partial charge in [-0.15, -0.1) is 0 Å². The third kappa shape index (κ3) is 4.77. The van der Waals surface area contributed by atoms with Gasteiger partial charge in [0.15, 0.2) is 11.9 Å². The van der Waals surface area contributed by atoms with Crippen LogP contribution < -0.4 is 14.4 Å². The SMILES string of the molecule is OC1N=C(OCC2COc3ncccc3O2)C=C2c3ccc(-c4ccc(N5CCOCC5)nc4)cc3CCN21. The highest BCUT2D eigenvalue weighted by molar-refractivity contribution is 5.97. The summed E-state index contributed by atoms with van der Waals surface area (Å²) in [6, 6.07) is 14.3. The number of nitrogens with zero attached hydrogens (tertiary/aromatic N) is 5. The fraction of sp³-hybridized carbons (Fsp3) is 0.345. The number of benzene rings is 1. The normalized spacial score (nSPS) is 21.9. The number of rotatable bonds is 4. The molecule has 10 heteroatoms. The summed E-state index contributed by atoms with van der Waals surface area (Å²) in [6.45, 7) is 4.44. The Hall–Kier alpha value is -4.15. The van der Waals surface area contributed by atoms with Crippen LogP contribution in [0.5, 0.6) is 11.6 Å². The molecular formula is C29H29N5O5. The maximum absolute atomic E-state index is 10.8. The number of pyridine rings is 2. The van der Waals surface area contributed by atoms with E-state index in [1.807, 2.05) is 23.2 Å². The molecule has 0 radical (unpaired) electrons. The second kappa shape index (κ2) is 10.2. The van der Waals surface area contributed by atoms with Crippen LogP contribution in [0.25, 0.3) is 16.8 Å². The number of aromatic nitrogens is 2. The van der Waals surface area contributed by atoms with Crippen molar-refractivity contribution in [3.8, 4) is 22.8 Å². The number of aliphatic imine (C=N–C) groups is 1. The number of aliphatic hydroxyl groups is 1. The summed E-state index contributed by atoms with van der Waals surface area (Å²) < 4.78 is 23.0. The summed E-state index contributed by atoms with van der Waals surface area (Å²) in [5.41, 5.74) is 5.38. The summed E-state index contributed by atoms with van der Waals surface area (Å²) in [5, 5.41) is 10.8. The zero-order valence-electron chi connectivity index (χ0n) is 21.4. The highest BCUT2D eigenvalue weighted by atomic mass is 16.6. The van der Waals surface area contributed by atoms with E-state index in [0.717, 1.165) is 60.9 Å². The van der Waals surface area contributed by atoms with Crippen LogP contribution in [0, 0.1) is 0 Å². The van der Waals surface area contributed by atoms with Crippen molar-refractivity contribution < 1.29 is 24.1 Å². The molecule has 2 aromatic heterocycles. The molecule has 0 bridgehead atoms. The van der Waals surface area contributed by atoms with E-state index in [-0.39, 0.29) is 12.7 Å². The number of ether oxygens (including phenoxy) is 4. The fourth-order valence-electron chi connectivity index (χ4n) is 5.32. The van der Waals surface area contributed by atoms with E-state index >= 15 is 0 Å². The molecule has 0 saturated carbocycles. The molecule has 1 aromatic carbocycles. The molecule has 4 aliphatic heterocycles. The van der Waals surface area contributed by atoms with E-state index in [0.29, 0.717) is 30.7 Å². The van der Waals surface area contributed by atoms with E-state index < -0.39 is 6.35 Å². The monoisotopic (exact) mass is 527 g/mol. The summed E-state index contributed by atoms with van der Waals surface area (Å²) in [7, 11) is 0. The molecule has 1 N–H and O–H groups in total. The molecule has 10 nitrogen and oxygen atoms in total. The first-order valence-corrected chi connectivity index (χ1v) is 13.3. The molecule has 6 heterocycles. The lowest BCUT2D eigenvalue weighted by Crippen LogP contribution is -2.41. The maximum atomic E-state index is 10.8. The minimum Gasteiger partial charge on any atom is -0.478 e. The van der Waals surface area contributed by atoms with Crippen LogP contribution in [0.3, 0.4) is 0 Å². The van der Waals surface area contributed by atoms with Crippen LogP contribution in [-0.4, -0.2) is 84.4 Å². The summed E-state index contributed by atoms with van der Waals surface area (Å²) >= 11 is 0. The van der Waals surface area contributed by atoms with Gasteiger partial charge in [-0.2, -0.15) is 4.99 Å². The Morgan fingerprint density at radius 3 is 2.79 bits per heavy atom. The lowest BCUT2D eigenvalue weighted by Gasteiger charge is -2.37. The van der Waals surface area contributed by atoms with Crippen LogP contribution >= 0.6 is 0 Å². The van der Waals surface area contributed by atoms with Crippen molar-refractivity contribution in [1.82, 2.24) is 14.9 Å². The summed E-state index contributed by atoms with van der Waals surface area (Å²) in [4.78, 5) is 17.4. The van der Waals surface area contributed by atoms with E-state index in [1.54, 1.807) is 12.3 Å². The zero-order valence-corrected chi connectivity index (χ0v) is 21.4. The Morgan fingerprint density at radius 2 is 1.92 bits per heavy atom. The summed E-state index contributed by atoms with van der Waals surface area (Å²) in [6.07, 6.45) is 5.00. The van der Waals surface area contributed by atoms with Gasteiger partial charge in [-0.05, 0) is 41.8 Å². The molecule has 39 heavy (non-hydrogen) atoms. The van der Waals surface area contributed by atoms with E-state index in [1.165, 1.54) is 5.56 Å². The molecule has 2 atom stereocenters. The predicted molar refractivity (Wildman–Crippen MR) is 145 cm³/mol. The lowest BCUT2D eigenvalue weighted by atomic mass is 9.92. The Balaban J connectivity index is 1.07. The molecule has 3 aromatic rings. The first-order chi connectivity index (χ1) is 19.2. The molecule has 4 aliphatic rings. The Bertz CT molecular complexity index is 1420. The number of hydrogen-bond acceptors (Lipinski definition) is 10. The van der Waals surface area contributed by atoms with Gasteiger partial charge in [0.05, 0.1) is 18.9 Å². The quantitative estimate of drug-likeness (QED) is 0.549. The highest BCUT2D eigenvalue weighted by Crippen LogP contribution is 2.35. The van der Waals surface area contributed by atoms with E-state index in [4.69, 9.17) is 23.9 Å². The molecule has 2 unspecified atom stereocenters. The Morgan fingerprint density at radius 1 is 1.03 bits per heavy atom. The van der Waals surface area contributed by atoms with Crippen LogP contribution in [0.2, 0.25) is 0 Å². The lowest BCUT2D eigenvalue weighted by molar-refractivity contribution is 0.0348. The molecule has 0 spiro atoms. The van der Waals surface area contributed by atoms with Gasteiger partial charge in [0.1, 0.15) is 19.0 Å².